The van der Waals surface area contributed by atoms with E-state index in [0.29, 0.717) is 17.2 Å². The number of nitrogens with zero attached hydrogens (tertiary/aromatic N) is 2. The van der Waals surface area contributed by atoms with Crippen LogP contribution in [0.2, 0.25) is 0 Å². The van der Waals surface area contributed by atoms with Crippen LogP contribution >= 0.6 is 11.3 Å². The van der Waals surface area contributed by atoms with Crippen LogP contribution in [-0.4, -0.2) is 9.97 Å². The molecule has 0 aliphatic heterocycles. The highest BCUT2D eigenvalue weighted by molar-refractivity contribution is 7.13. The Morgan fingerprint density at radius 3 is 2.67 bits per heavy atom. The van der Waals surface area contributed by atoms with Crippen molar-refractivity contribution in [1.82, 2.24) is 9.97 Å². The molecular formula is C17H15FN2S. The summed E-state index contributed by atoms with van der Waals surface area (Å²) in [5, 5.41) is 2.77. The average Bonchev–Trinajstić information content (AvgIpc) is 2.97. The second-order valence-corrected chi connectivity index (χ2v) is 5.99. The lowest BCUT2D eigenvalue weighted by atomic mass is 10.00. The van der Waals surface area contributed by atoms with Crippen molar-refractivity contribution < 1.29 is 4.39 Å². The van der Waals surface area contributed by atoms with Gasteiger partial charge in [-0.1, -0.05) is 26.0 Å². The summed E-state index contributed by atoms with van der Waals surface area (Å²) >= 11 is 1.52. The first-order valence-electron chi connectivity index (χ1n) is 6.81. The van der Waals surface area contributed by atoms with Crippen molar-refractivity contribution in [3.8, 4) is 21.8 Å². The molecule has 0 unspecified atom stereocenters. The standard InChI is InChI=1S/C17H15FN2S/c1-11(2)12-7-8-19-9-14(12)17-20-16(10-21-17)13-5-3-4-6-15(13)18/h3-11H,1-2H3. The quantitative estimate of drug-likeness (QED) is 0.669. The molecule has 106 valence electrons. The van der Waals surface area contributed by atoms with Gasteiger partial charge in [0.15, 0.2) is 0 Å². The van der Waals surface area contributed by atoms with Gasteiger partial charge in [-0.25, -0.2) is 9.37 Å². The van der Waals surface area contributed by atoms with Gasteiger partial charge in [0.2, 0.25) is 0 Å². The Morgan fingerprint density at radius 1 is 1.10 bits per heavy atom. The molecule has 0 fully saturated rings. The second kappa shape index (κ2) is 5.74. The molecule has 0 radical (unpaired) electrons. The molecule has 1 aromatic carbocycles. The zero-order chi connectivity index (χ0) is 14.8. The Bertz CT molecular complexity index is 765. The molecule has 21 heavy (non-hydrogen) atoms. The Hall–Kier alpha value is -2.07. The van der Waals surface area contributed by atoms with Crippen LogP contribution < -0.4 is 0 Å². The predicted molar refractivity (Wildman–Crippen MR) is 84.8 cm³/mol. The van der Waals surface area contributed by atoms with E-state index in [1.54, 1.807) is 18.3 Å². The Morgan fingerprint density at radius 2 is 1.90 bits per heavy atom. The smallest absolute Gasteiger partial charge is 0.132 e. The summed E-state index contributed by atoms with van der Waals surface area (Å²) in [5.74, 6) is 0.147. The molecule has 3 rings (SSSR count). The molecule has 3 aromatic rings. The summed E-state index contributed by atoms with van der Waals surface area (Å²) in [6.07, 6.45) is 3.63. The van der Waals surface area contributed by atoms with Crippen molar-refractivity contribution >= 4 is 11.3 Å². The van der Waals surface area contributed by atoms with E-state index in [1.807, 2.05) is 23.7 Å². The number of pyridine rings is 1. The van der Waals surface area contributed by atoms with Crippen molar-refractivity contribution in [2.45, 2.75) is 19.8 Å². The highest BCUT2D eigenvalue weighted by atomic mass is 32.1. The number of aromatic nitrogens is 2. The fraction of sp³-hybridized carbons (Fsp3) is 0.176. The first-order valence-corrected chi connectivity index (χ1v) is 7.69. The lowest BCUT2D eigenvalue weighted by Crippen LogP contribution is -1.93. The van der Waals surface area contributed by atoms with Gasteiger partial charge in [0.1, 0.15) is 10.8 Å². The van der Waals surface area contributed by atoms with Crippen LogP contribution in [0.3, 0.4) is 0 Å². The van der Waals surface area contributed by atoms with E-state index in [0.717, 1.165) is 10.6 Å². The number of halogens is 1. The molecule has 4 heteroatoms. The van der Waals surface area contributed by atoms with Gasteiger partial charge in [-0.05, 0) is 29.7 Å². The van der Waals surface area contributed by atoms with Crippen LogP contribution in [0.1, 0.15) is 25.3 Å². The Kier molecular flexibility index (Phi) is 3.80. The summed E-state index contributed by atoms with van der Waals surface area (Å²) in [4.78, 5) is 8.79. The topological polar surface area (TPSA) is 25.8 Å². The van der Waals surface area contributed by atoms with Gasteiger partial charge in [0.05, 0.1) is 5.69 Å². The van der Waals surface area contributed by atoms with Gasteiger partial charge in [-0.15, -0.1) is 11.3 Å². The van der Waals surface area contributed by atoms with Crippen LogP contribution in [0.25, 0.3) is 21.8 Å². The largest absolute Gasteiger partial charge is 0.264 e. The minimum absolute atomic E-state index is 0.246. The average molecular weight is 298 g/mol. The van der Waals surface area contributed by atoms with E-state index in [2.05, 4.69) is 23.8 Å². The van der Waals surface area contributed by atoms with Crippen LogP contribution in [0.4, 0.5) is 4.39 Å². The number of thiazole rings is 1. The minimum atomic E-state index is -0.246. The third-order valence-electron chi connectivity index (χ3n) is 3.36. The molecule has 0 atom stereocenters. The van der Waals surface area contributed by atoms with Crippen molar-refractivity contribution in [3.63, 3.8) is 0 Å². The van der Waals surface area contributed by atoms with E-state index >= 15 is 0 Å². The molecule has 2 aromatic heterocycles. The van der Waals surface area contributed by atoms with E-state index in [9.17, 15) is 4.39 Å². The third kappa shape index (κ3) is 2.72. The molecule has 0 bridgehead atoms. The third-order valence-corrected chi connectivity index (χ3v) is 4.24. The molecule has 0 aliphatic carbocycles. The summed E-state index contributed by atoms with van der Waals surface area (Å²) in [5.41, 5.74) is 3.45. The van der Waals surface area contributed by atoms with Gasteiger partial charge < -0.3 is 0 Å². The maximum atomic E-state index is 13.8. The van der Waals surface area contributed by atoms with Gasteiger partial charge in [-0.2, -0.15) is 0 Å². The summed E-state index contributed by atoms with van der Waals surface area (Å²) in [7, 11) is 0. The van der Waals surface area contributed by atoms with Crippen LogP contribution in [0.15, 0.2) is 48.1 Å². The molecule has 0 aliphatic rings. The first-order chi connectivity index (χ1) is 10.2. The highest BCUT2D eigenvalue weighted by Gasteiger charge is 2.14. The Balaban J connectivity index is 2.06. The fourth-order valence-electron chi connectivity index (χ4n) is 2.28. The molecular weight excluding hydrogens is 283 g/mol. The van der Waals surface area contributed by atoms with Gasteiger partial charge >= 0.3 is 0 Å². The van der Waals surface area contributed by atoms with Crippen molar-refractivity contribution in [3.05, 3.63) is 59.5 Å². The molecule has 0 N–H and O–H groups in total. The number of benzene rings is 1. The van der Waals surface area contributed by atoms with Crippen LogP contribution in [0, 0.1) is 5.82 Å². The summed E-state index contributed by atoms with van der Waals surface area (Å²) in [6.45, 7) is 4.29. The summed E-state index contributed by atoms with van der Waals surface area (Å²) in [6, 6.07) is 8.73. The maximum Gasteiger partial charge on any atom is 0.132 e. The number of rotatable bonds is 3. The molecule has 0 saturated carbocycles. The number of hydrogen-bond acceptors (Lipinski definition) is 3. The van der Waals surface area contributed by atoms with Crippen molar-refractivity contribution in [2.24, 2.45) is 0 Å². The second-order valence-electron chi connectivity index (χ2n) is 5.14. The fourth-order valence-corrected chi connectivity index (χ4v) is 3.13. The monoisotopic (exact) mass is 298 g/mol. The lowest BCUT2D eigenvalue weighted by Gasteiger charge is -2.09. The molecule has 2 nitrogen and oxygen atoms in total. The van der Waals surface area contributed by atoms with Crippen LogP contribution in [0.5, 0.6) is 0 Å². The van der Waals surface area contributed by atoms with E-state index in [4.69, 9.17) is 0 Å². The van der Waals surface area contributed by atoms with Crippen LogP contribution in [-0.2, 0) is 0 Å². The molecule has 0 saturated heterocycles. The zero-order valence-corrected chi connectivity index (χ0v) is 12.7. The maximum absolute atomic E-state index is 13.8. The molecule has 2 heterocycles. The van der Waals surface area contributed by atoms with Gasteiger partial charge in [0, 0.05) is 28.9 Å². The van der Waals surface area contributed by atoms with E-state index < -0.39 is 0 Å². The molecule has 0 amide bonds. The molecule has 0 spiro atoms. The van der Waals surface area contributed by atoms with Crippen molar-refractivity contribution in [1.29, 1.82) is 0 Å². The predicted octanol–water partition coefficient (Wildman–Crippen LogP) is 5.13. The highest BCUT2D eigenvalue weighted by Crippen LogP contribution is 2.33. The zero-order valence-electron chi connectivity index (χ0n) is 11.9. The van der Waals surface area contributed by atoms with Gasteiger partial charge in [0.25, 0.3) is 0 Å². The van der Waals surface area contributed by atoms with Crippen molar-refractivity contribution in [2.75, 3.05) is 0 Å². The first kappa shape index (κ1) is 13.9. The SMILES string of the molecule is CC(C)c1ccncc1-c1nc(-c2ccccc2F)cs1. The van der Waals surface area contributed by atoms with E-state index in [-0.39, 0.29) is 5.82 Å². The normalized spacial score (nSPS) is 11.0. The summed E-state index contributed by atoms with van der Waals surface area (Å²) < 4.78 is 13.8. The number of hydrogen-bond donors (Lipinski definition) is 0. The lowest BCUT2D eigenvalue weighted by molar-refractivity contribution is 0.631. The van der Waals surface area contributed by atoms with E-state index in [1.165, 1.54) is 23.0 Å². The van der Waals surface area contributed by atoms with Gasteiger partial charge in [-0.3, -0.25) is 4.98 Å². The Labute approximate surface area is 127 Å². The minimum Gasteiger partial charge on any atom is -0.264 e.